The Bertz CT molecular complexity index is 745. The summed E-state index contributed by atoms with van der Waals surface area (Å²) in [4.78, 5) is 15.7. The van der Waals surface area contributed by atoms with Crippen LogP contribution in [0.25, 0.3) is 0 Å². The number of aromatic nitrogens is 3. The monoisotopic (exact) mass is 363 g/mol. The van der Waals surface area contributed by atoms with Crippen LogP contribution in [0.5, 0.6) is 0 Å². The SMILES string of the molecule is CCN(CCCc1cc(C2CCCCCC2)nc(C#N)n1)c1ccccn1. The summed E-state index contributed by atoms with van der Waals surface area (Å²) in [6.45, 7) is 4.01. The van der Waals surface area contributed by atoms with Crippen molar-refractivity contribution >= 4 is 5.82 Å². The van der Waals surface area contributed by atoms with Crippen LogP contribution in [0.4, 0.5) is 5.82 Å². The van der Waals surface area contributed by atoms with Crippen molar-refractivity contribution in [1.82, 2.24) is 15.0 Å². The molecule has 2 aromatic heterocycles. The highest BCUT2D eigenvalue weighted by Crippen LogP contribution is 2.30. The first-order valence-electron chi connectivity index (χ1n) is 10.2. The molecule has 0 bridgehead atoms. The summed E-state index contributed by atoms with van der Waals surface area (Å²) in [6.07, 6.45) is 11.2. The molecule has 2 heterocycles. The smallest absolute Gasteiger partial charge is 0.232 e. The first kappa shape index (κ1) is 19.3. The van der Waals surface area contributed by atoms with Gasteiger partial charge in [0.25, 0.3) is 0 Å². The molecule has 0 unspecified atom stereocenters. The molecule has 5 heteroatoms. The molecule has 0 atom stereocenters. The number of anilines is 1. The zero-order chi connectivity index (χ0) is 18.9. The van der Waals surface area contributed by atoms with Crippen molar-refractivity contribution < 1.29 is 0 Å². The predicted octanol–water partition coefficient (Wildman–Crippen LogP) is 4.64. The lowest BCUT2D eigenvalue weighted by molar-refractivity contribution is 0.573. The lowest BCUT2D eigenvalue weighted by Crippen LogP contribution is -2.25. The summed E-state index contributed by atoms with van der Waals surface area (Å²) in [5.74, 6) is 1.82. The maximum Gasteiger partial charge on any atom is 0.232 e. The molecule has 1 saturated carbocycles. The third-order valence-electron chi connectivity index (χ3n) is 5.39. The molecule has 0 aromatic carbocycles. The van der Waals surface area contributed by atoms with Gasteiger partial charge in [-0.1, -0.05) is 31.7 Å². The highest BCUT2D eigenvalue weighted by molar-refractivity contribution is 5.37. The average molecular weight is 364 g/mol. The minimum Gasteiger partial charge on any atom is -0.357 e. The topological polar surface area (TPSA) is 65.7 Å². The molecule has 0 spiro atoms. The highest BCUT2D eigenvalue weighted by atomic mass is 15.2. The Hall–Kier alpha value is -2.48. The number of nitrogens with zero attached hydrogens (tertiary/aromatic N) is 5. The van der Waals surface area contributed by atoms with Crippen LogP contribution < -0.4 is 4.90 Å². The molecule has 27 heavy (non-hydrogen) atoms. The molecular formula is C22H29N5. The Kier molecular flexibility index (Phi) is 7.15. The average Bonchev–Trinajstić information content (AvgIpc) is 3.01. The summed E-state index contributed by atoms with van der Waals surface area (Å²) in [6, 6.07) is 10.3. The number of hydrogen-bond donors (Lipinski definition) is 0. The number of aryl methyl sites for hydroxylation is 1. The lowest BCUT2D eigenvalue weighted by Gasteiger charge is -2.21. The van der Waals surface area contributed by atoms with E-state index >= 15 is 0 Å². The highest BCUT2D eigenvalue weighted by Gasteiger charge is 2.18. The Labute approximate surface area is 162 Å². The van der Waals surface area contributed by atoms with E-state index in [1.807, 2.05) is 24.4 Å². The van der Waals surface area contributed by atoms with Crippen LogP contribution in [0, 0.1) is 11.3 Å². The molecule has 0 saturated heterocycles. The van der Waals surface area contributed by atoms with E-state index in [0.717, 1.165) is 43.1 Å². The zero-order valence-corrected chi connectivity index (χ0v) is 16.3. The summed E-state index contributed by atoms with van der Waals surface area (Å²) >= 11 is 0. The maximum absolute atomic E-state index is 9.35. The van der Waals surface area contributed by atoms with Crippen molar-refractivity contribution in [3.63, 3.8) is 0 Å². The van der Waals surface area contributed by atoms with E-state index in [4.69, 9.17) is 0 Å². The molecule has 0 amide bonds. The lowest BCUT2D eigenvalue weighted by atomic mass is 9.95. The Morgan fingerprint density at radius 2 is 1.96 bits per heavy atom. The van der Waals surface area contributed by atoms with Crippen molar-refractivity contribution in [2.24, 2.45) is 0 Å². The first-order chi connectivity index (χ1) is 13.3. The van der Waals surface area contributed by atoms with Crippen molar-refractivity contribution in [3.8, 4) is 6.07 Å². The second-order valence-corrected chi connectivity index (χ2v) is 7.28. The fourth-order valence-electron chi connectivity index (χ4n) is 3.91. The Morgan fingerprint density at radius 1 is 1.15 bits per heavy atom. The van der Waals surface area contributed by atoms with E-state index in [9.17, 15) is 5.26 Å². The van der Waals surface area contributed by atoms with Crippen molar-refractivity contribution in [2.75, 3.05) is 18.0 Å². The number of hydrogen-bond acceptors (Lipinski definition) is 5. The van der Waals surface area contributed by atoms with E-state index in [1.165, 1.54) is 38.5 Å². The second-order valence-electron chi connectivity index (χ2n) is 7.28. The van der Waals surface area contributed by atoms with Gasteiger partial charge in [-0.15, -0.1) is 0 Å². The molecule has 2 aromatic rings. The molecular weight excluding hydrogens is 334 g/mol. The van der Waals surface area contributed by atoms with Gasteiger partial charge >= 0.3 is 0 Å². The standard InChI is InChI=1S/C22H29N5/c1-2-27(22-13-7-8-14-24-22)15-9-12-19-16-20(26-21(17-23)25-19)18-10-5-3-4-6-11-18/h7-8,13-14,16,18H,2-6,9-12,15H2,1H3. The first-order valence-corrected chi connectivity index (χ1v) is 10.2. The van der Waals surface area contributed by atoms with E-state index in [2.05, 4.69) is 38.9 Å². The molecule has 3 rings (SSSR count). The second kappa shape index (κ2) is 10.0. The quantitative estimate of drug-likeness (QED) is 0.670. The van der Waals surface area contributed by atoms with Gasteiger partial charge in [-0.05, 0) is 50.8 Å². The minimum absolute atomic E-state index is 0.323. The summed E-state index contributed by atoms with van der Waals surface area (Å²) in [5.41, 5.74) is 2.08. The molecule has 0 radical (unpaired) electrons. The molecule has 0 aliphatic heterocycles. The predicted molar refractivity (Wildman–Crippen MR) is 108 cm³/mol. The fourth-order valence-corrected chi connectivity index (χ4v) is 3.91. The van der Waals surface area contributed by atoms with Gasteiger partial charge < -0.3 is 4.90 Å². The van der Waals surface area contributed by atoms with Gasteiger partial charge in [0.2, 0.25) is 5.82 Å². The molecule has 0 N–H and O–H groups in total. The molecule has 142 valence electrons. The molecule has 5 nitrogen and oxygen atoms in total. The van der Waals surface area contributed by atoms with Crippen LogP contribution in [0.3, 0.4) is 0 Å². The molecule has 1 aliphatic carbocycles. The van der Waals surface area contributed by atoms with Crippen LogP contribution in [-0.2, 0) is 6.42 Å². The van der Waals surface area contributed by atoms with Gasteiger partial charge in [0.1, 0.15) is 11.9 Å². The number of nitriles is 1. The fraction of sp³-hybridized carbons (Fsp3) is 0.545. The molecule has 1 aliphatic rings. The Balaban J connectivity index is 1.65. The largest absolute Gasteiger partial charge is 0.357 e. The van der Waals surface area contributed by atoms with Crippen molar-refractivity contribution in [2.45, 2.75) is 64.2 Å². The third-order valence-corrected chi connectivity index (χ3v) is 5.39. The Morgan fingerprint density at radius 3 is 2.63 bits per heavy atom. The summed E-state index contributed by atoms with van der Waals surface area (Å²) in [7, 11) is 0. The van der Waals surface area contributed by atoms with Crippen LogP contribution in [0.1, 0.15) is 75.0 Å². The van der Waals surface area contributed by atoms with Crippen LogP contribution in [0.15, 0.2) is 30.5 Å². The zero-order valence-electron chi connectivity index (χ0n) is 16.3. The number of rotatable bonds is 7. The summed E-state index contributed by atoms with van der Waals surface area (Å²) in [5, 5.41) is 9.35. The van der Waals surface area contributed by atoms with Gasteiger partial charge in [0, 0.05) is 36.6 Å². The van der Waals surface area contributed by atoms with Crippen LogP contribution >= 0.6 is 0 Å². The van der Waals surface area contributed by atoms with Crippen LogP contribution in [0.2, 0.25) is 0 Å². The van der Waals surface area contributed by atoms with E-state index in [-0.39, 0.29) is 0 Å². The summed E-state index contributed by atoms with van der Waals surface area (Å²) < 4.78 is 0. The molecule has 1 fully saturated rings. The maximum atomic E-state index is 9.35. The van der Waals surface area contributed by atoms with Gasteiger partial charge in [-0.2, -0.15) is 5.26 Å². The van der Waals surface area contributed by atoms with E-state index in [0.29, 0.717) is 11.7 Å². The normalized spacial score (nSPS) is 15.1. The van der Waals surface area contributed by atoms with E-state index in [1.54, 1.807) is 0 Å². The number of pyridine rings is 1. The van der Waals surface area contributed by atoms with Crippen molar-refractivity contribution in [1.29, 1.82) is 5.26 Å². The third kappa shape index (κ3) is 5.50. The van der Waals surface area contributed by atoms with Gasteiger partial charge in [-0.3, -0.25) is 0 Å². The van der Waals surface area contributed by atoms with Gasteiger partial charge in [0.15, 0.2) is 0 Å². The van der Waals surface area contributed by atoms with Gasteiger partial charge in [0.05, 0.1) is 0 Å². The minimum atomic E-state index is 0.323. The van der Waals surface area contributed by atoms with Gasteiger partial charge in [-0.25, -0.2) is 15.0 Å². The van der Waals surface area contributed by atoms with E-state index < -0.39 is 0 Å². The van der Waals surface area contributed by atoms with Crippen LogP contribution in [-0.4, -0.2) is 28.0 Å². The van der Waals surface area contributed by atoms with Crippen molar-refractivity contribution in [3.05, 3.63) is 47.7 Å².